The maximum Gasteiger partial charge on any atom is 0.126 e. The number of rotatable bonds is 2. The Balaban J connectivity index is 2.82. The number of nitrogens with zero attached hydrogens (tertiary/aromatic N) is 2. The van der Waals surface area contributed by atoms with Crippen LogP contribution in [0.25, 0.3) is 0 Å². The first-order valence-electron chi connectivity index (χ1n) is 3.61. The smallest absolute Gasteiger partial charge is 0.126 e. The van der Waals surface area contributed by atoms with E-state index in [1.807, 2.05) is 6.07 Å². The van der Waals surface area contributed by atoms with E-state index in [1.54, 1.807) is 19.2 Å². The molecule has 4 nitrogen and oxygen atoms in total. The van der Waals surface area contributed by atoms with E-state index in [0.717, 1.165) is 5.56 Å². The van der Waals surface area contributed by atoms with Crippen LogP contribution in [0.4, 0.5) is 5.82 Å². The van der Waals surface area contributed by atoms with Crippen molar-refractivity contribution in [3.05, 3.63) is 23.9 Å². The van der Waals surface area contributed by atoms with Gasteiger partial charge in [-0.25, -0.2) is 4.98 Å². The van der Waals surface area contributed by atoms with E-state index in [-0.39, 0.29) is 0 Å². The van der Waals surface area contributed by atoms with Crippen LogP contribution in [0.2, 0.25) is 0 Å². The summed E-state index contributed by atoms with van der Waals surface area (Å²) in [6.07, 6.45) is 2.17. The third-order valence-corrected chi connectivity index (χ3v) is 1.54. The van der Waals surface area contributed by atoms with Gasteiger partial charge in [-0.2, -0.15) is 0 Å². The molecule has 0 spiro atoms. The van der Waals surface area contributed by atoms with E-state index < -0.39 is 0 Å². The molecular formula is C8H11N3O. The predicted octanol–water partition coefficient (Wildman–Crippen LogP) is 1.06. The van der Waals surface area contributed by atoms with Crippen molar-refractivity contribution in [2.75, 3.05) is 5.73 Å². The molecule has 0 bridgehead atoms. The molecule has 0 saturated heterocycles. The van der Waals surface area contributed by atoms with Gasteiger partial charge in [0, 0.05) is 12.6 Å². The number of hydrogen-bond donors (Lipinski definition) is 2. The van der Waals surface area contributed by atoms with E-state index in [2.05, 4.69) is 10.1 Å². The lowest BCUT2D eigenvalue weighted by Gasteiger charge is -2.01. The summed E-state index contributed by atoms with van der Waals surface area (Å²) in [4.78, 5) is 3.91. The zero-order valence-electron chi connectivity index (χ0n) is 6.86. The van der Waals surface area contributed by atoms with Crippen LogP contribution in [0.1, 0.15) is 12.5 Å². The maximum absolute atomic E-state index is 8.41. The summed E-state index contributed by atoms with van der Waals surface area (Å²) in [6, 6.07) is 3.66. The lowest BCUT2D eigenvalue weighted by Crippen LogP contribution is -2.02. The van der Waals surface area contributed by atoms with Gasteiger partial charge in [0.05, 0.1) is 5.71 Å². The highest BCUT2D eigenvalue weighted by molar-refractivity contribution is 5.84. The fourth-order valence-electron chi connectivity index (χ4n) is 0.911. The molecule has 0 aliphatic rings. The van der Waals surface area contributed by atoms with E-state index in [1.165, 1.54) is 0 Å². The van der Waals surface area contributed by atoms with Crippen molar-refractivity contribution in [1.29, 1.82) is 0 Å². The molecular weight excluding hydrogens is 154 g/mol. The first kappa shape index (κ1) is 8.52. The second-order valence-electron chi connectivity index (χ2n) is 2.56. The SMILES string of the molecule is CC(Cc1cccnc1N)=NO. The standard InChI is InChI=1S/C8H11N3O/c1-6(11-12)5-7-3-2-4-10-8(7)9/h2-4,12H,5H2,1H3,(H2,9,10). The fraction of sp³-hybridized carbons (Fsp3) is 0.250. The van der Waals surface area contributed by atoms with Crippen LogP contribution in [-0.2, 0) is 6.42 Å². The van der Waals surface area contributed by atoms with E-state index in [4.69, 9.17) is 10.9 Å². The average molecular weight is 165 g/mol. The van der Waals surface area contributed by atoms with Crippen LogP contribution in [0.3, 0.4) is 0 Å². The minimum Gasteiger partial charge on any atom is -0.411 e. The third kappa shape index (κ3) is 1.95. The highest BCUT2D eigenvalue weighted by atomic mass is 16.4. The second kappa shape index (κ2) is 3.71. The summed E-state index contributed by atoms with van der Waals surface area (Å²) in [7, 11) is 0. The van der Waals surface area contributed by atoms with Crippen LogP contribution in [-0.4, -0.2) is 15.9 Å². The van der Waals surface area contributed by atoms with Crippen molar-refractivity contribution in [3.63, 3.8) is 0 Å². The molecule has 64 valence electrons. The summed E-state index contributed by atoms with van der Waals surface area (Å²) < 4.78 is 0. The van der Waals surface area contributed by atoms with Crippen LogP contribution >= 0.6 is 0 Å². The van der Waals surface area contributed by atoms with E-state index in [9.17, 15) is 0 Å². The van der Waals surface area contributed by atoms with Crippen molar-refractivity contribution in [2.24, 2.45) is 5.16 Å². The van der Waals surface area contributed by atoms with Gasteiger partial charge in [0.25, 0.3) is 0 Å². The molecule has 0 radical (unpaired) electrons. The van der Waals surface area contributed by atoms with Gasteiger partial charge in [-0.3, -0.25) is 0 Å². The highest BCUT2D eigenvalue weighted by Gasteiger charge is 2.00. The molecule has 0 fully saturated rings. The molecule has 12 heavy (non-hydrogen) atoms. The molecule has 3 N–H and O–H groups in total. The summed E-state index contributed by atoms with van der Waals surface area (Å²) in [5, 5.41) is 11.5. The molecule has 0 aromatic carbocycles. The molecule has 0 amide bonds. The number of nitrogen functional groups attached to an aromatic ring is 1. The van der Waals surface area contributed by atoms with Gasteiger partial charge < -0.3 is 10.9 Å². The molecule has 0 atom stereocenters. The van der Waals surface area contributed by atoms with Crippen LogP contribution in [0, 0.1) is 0 Å². The van der Waals surface area contributed by atoms with Gasteiger partial charge in [-0.15, -0.1) is 0 Å². The lowest BCUT2D eigenvalue weighted by atomic mass is 10.1. The number of aromatic nitrogens is 1. The molecule has 0 aliphatic heterocycles. The summed E-state index contributed by atoms with van der Waals surface area (Å²) in [5.41, 5.74) is 7.08. The number of anilines is 1. The van der Waals surface area contributed by atoms with Crippen molar-refractivity contribution < 1.29 is 5.21 Å². The molecule has 1 aromatic heterocycles. The first-order chi connectivity index (χ1) is 5.74. The Hall–Kier alpha value is -1.58. The molecule has 0 saturated carbocycles. The normalized spacial score (nSPS) is 11.6. The van der Waals surface area contributed by atoms with Crippen molar-refractivity contribution >= 4 is 11.5 Å². The number of pyridine rings is 1. The Kier molecular flexibility index (Phi) is 2.63. The van der Waals surface area contributed by atoms with E-state index >= 15 is 0 Å². The first-order valence-corrected chi connectivity index (χ1v) is 3.61. The molecule has 4 heteroatoms. The van der Waals surface area contributed by atoms with Gasteiger partial charge in [0.2, 0.25) is 0 Å². The van der Waals surface area contributed by atoms with Crippen molar-refractivity contribution in [1.82, 2.24) is 4.98 Å². The molecule has 1 heterocycles. The molecule has 0 unspecified atom stereocenters. The average Bonchev–Trinajstić information content (AvgIpc) is 2.09. The second-order valence-corrected chi connectivity index (χ2v) is 2.56. The Morgan fingerprint density at radius 3 is 3.08 bits per heavy atom. The van der Waals surface area contributed by atoms with Gasteiger partial charge in [0.15, 0.2) is 0 Å². The number of nitrogens with two attached hydrogens (primary N) is 1. The quantitative estimate of drug-likeness (QED) is 0.391. The Morgan fingerprint density at radius 2 is 2.50 bits per heavy atom. The third-order valence-electron chi connectivity index (χ3n) is 1.54. The Bertz CT molecular complexity index is 296. The van der Waals surface area contributed by atoms with Crippen LogP contribution in [0.15, 0.2) is 23.5 Å². The van der Waals surface area contributed by atoms with Crippen LogP contribution in [0.5, 0.6) is 0 Å². The predicted molar refractivity (Wildman–Crippen MR) is 47.2 cm³/mol. The van der Waals surface area contributed by atoms with Crippen molar-refractivity contribution in [2.45, 2.75) is 13.3 Å². The van der Waals surface area contributed by atoms with Gasteiger partial charge in [-0.05, 0) is 18.6 Å². The Labute approximate surface area is 70.7 Å². The molecule has 0 aliphatic carbocycles. The van der Waals surface area contributed by atoms with E-state index in [0.29, 0.717) is 18.0 Å². The van der Waals surface area contributed by atoms with Crippen LogP contribution < -0.4 is 5.73 Å². The molecule has 1 rings (SSSR count). The van der Waals surface area contributed by atoms with Gasteiger partial charge in [-0.1, -0.05) is 11.2 Å². The summed E-state index contributed by atoms with van der Waals surface area (Å²) in [6.45, 7) is 1.73. The minimum absolute atomic E-state index is 0.487. The minimum atomic E-state index is 0.487. The summed E-state index contributed by atoms with van der Waals surface area (Å²) in [5.74, 6) is 0.487. The lowest BCUT2D eigenvalue weighted by molar-refractivity contribution is 0.317. The molecule has 1 aromatic rings. The highest BCUT2D eigenvalue weighted by Crippen LogP contribution is 2.07. The largest absolute Gasteiger partial charge is 0.411 e. The number of oxime groups is 1. The maximum atomic E-state index is 8.41. The van der Waals surface area contributed by atoms with Gasteiger partial charge >= 0.3 is 0 Å². The topological polar surface area (TPSA) is 71.5 Å². The van der Waals surface area contributed by atoms with Crippen molar-refractivity contribution in [3.8, 4) is 0 Å². The zero-order valence-corrected chi connectivity index (χ0v) is 6.86. The Morgan fingerprint density at radius 1 is 1.75 bits per heavy atom. The zero-order chi connectivity index (χ0) is 8.97. The summed E-state index contributed by atoms with van der Waals surface area (Å²) >= 11 is 0. The number of hydrogen-bond acceptors (Lipinski definition) is 4. The van der Waals surface area contributed by atoms with Gasteiger partial charge in [0.1, 0.15) is 5.82 Å². The monoisotopic (exact) mass is 165 g/mol. The fourth-order valence-corrected chi connectivity index (χ4v) is 0.911.